The van der Waals surface area contributed by atoms with Crippen molar-refractivity contribution in [2.75, 3.05) is 13.2 Å². The number of hydroxylamine groups is 4. The van der Waals surface area contributed by atoms with Gasteiger partial charge in [-0.3, -0.25) is 9.68 Å². The van der Waals surface area contributed by atoms with Gasteiger partial charge >= 0.3 is 0 Å². The van der Waals surface area contributed by atoms with E-state index in [0.29, 0.717) is 24.3 Å². The summed E-state index contributed by atoms with van der Waals surface area (Å²) in [5.41, 5.74) is -0.218. The summed E-state index contributed by atoms with van der Waals surface area (Å²) in [4.78, 5) is 13.9. The lowest BCUT2D eigenvalue weighted by Crippen LogP contribution is -2.68. The Morgan fingerprint density at radius 3 is 1.32 bits per heavy atom. The molecule has 3 aliphatic heterocycles. The predicted octanol–water partition coefficient (Wildman–Crippen LogP) is 9.22. The average molecular weight is 637 g/mol. The van der Waals surface area contributed by atoms with Gasteiger partial charge in [0.1, 0.15) is 0 Å². The van der Waals surface area contributed by atoms with Gasteiger partial charge in [-0.05, 0) is 128 Å². The van der Waals surface area contributed by atoms with E-state index < -0.39 is 8.45 Å². The molecule has 0 aromatic heterocycles. The minimum absolute atomic E-state index is 0.0616. The second-order valence-electron chi connectivity index (χ2n) is 18.5. The summed E-state index contributed by atoms with van der Waals surface area (Å²) in [5, 5.41) is 4.87. The van der Waals surface area contributed by atoms with Gasteiger partial charge in [0.25, 0.3) is 0 Å². The van der Waals surface area contributed by atoms with Crippen molar-refractivity contribution in [3.05, 3.63) is 0 Å². The van der Waals surface area contributed by atoms with E-state index in [0.717, 1.165) is 38.8 Å². The van der Waals surface area contributed by atoms with E-state index >= 15 is 0 Å². The summed E-state index contributed by atoms with van der Waals surface area (Å²) in [5.74, 6) is 0. The molecule has 3 heterocycles. The van der Waals surface area contributed by atoms with Crippen LogP contribution >= 0.6 is 8.45 Å². The molecule has 1 unspecified atom stereocenters. The molecule has 8 heteroatoms. The topological polar surface area (TPSA) is 40.7 Å². The van der Waals surface area contributed by atoms with E-state index in [-0.39, 0.29) is 27.7 Å². The van der Waals surface area contributed by atoms with Crippen LogP contribution in [-0.4, -0.2) is 84.6 Å². The molecule has 3 saturated heterocycles. The van der Waals surface area contributed by atoms with E-state index in [4.69, 9.17) is 14.2 Å². The Labute approximate surface area is 272 Å². The maximum Gasteiger partial charge on any atom is 0.189 e. The first-order valence-electron chi connectivity index (χ1n) is 18.3. The van der Waals surface area contributed by atoms with Crippen molar-refractivity contribution in [2.45, 2.75) is 218 Å². The van der Waals surface area contributed by atoms with Crippen LogP contribution in [0.5, 0.6) is 0 Å². The molecule has 5 aliphatic rings. The Kier molecular flexibility index (Phi) is 10.7. The first-order chi connectivity index (χ1) is 20.4. The van der Waals surface area contributed by atoms with Crippen LogP contribution in [0.3, 0.4) is 0 Å². The van der Waals surface area contributed by atoms with Gasteiger partial charge in [-0.1, -0.05) is 38.5 Å². The number of nitrogens with zero attached hydrogens (tertiary/aromatic N) is 4. The van der Waals surface area contributed by atoms with Crippen LogP contribution in [0.15, 0.2) is 0 Å². The van der Waals surface area contributed by atoms with Crippen LogP contribution in [0.2, 0.25) is 0 Å². The summed E-state index contributed by atoms with van der Waals surface area (Å²) in [6, 6.07) is 0.838. The van der Waals surface area contributed by atoms with Crippen molar-refractivity contribution in [1.82, 2.24) is 19.5 Å². The van der Waals surface area contributed by atoms with E-state index in [2.05, 4.69) is 95.6 Å². The van der Waals surface area contributed by atoms with Gasteiger partial charge < -0.3 is 4.52 Å². The average Bonchev–Trinajstić information content (AvgIpc) is 3.39. The van der Waals surface area contributed by atoms with Crippen LogP contribution in [0.1, 0.15) is 166 Å². The summed E-state index contributed by atoms with van der Waals surface area (Å²) in [6.45, 7) is 28.4. The van der Waals surface area contributed by atoms with Crippen LogP contribution in [0.25, 0.3) is 0 Å². The maximum atomic E-state index is 6.94. The molecule has 7 nitrogen and oxygen atoms in total. The molecular formula is C36H69N4O3P. The van der Waals surface area contributed by atoms with Crippen molar-refractivity contribution in [1.29, 1.82) is 0 Å². The Morgan fingerprint density at radius 1 is 0.614 bits per heavy atom. The monoisotopic (exact) mass is 637 g/mol. The molecule has 44 heavy (non-hydrogen) atoms. The molecule has 1 atom stereocenters. The summed E-state index contributed by atoms with van der Waals surface area (Å²) in [7, 11) is -0.885. The predicted molar refractivity (Wildman–Crippen MR) is 183 cm³/mol. The van der Waals surface area contributed by atoms with E-state index in [9.17, 15) is 0 Å². The van der Waals surface area contributed by atoms with Gasteiger partial charge in [0, 0.05) is 46.3 Å². The zero-order valence-corrected chi connectivity index (χ0v) is 31.5. The van der Waals surface area contributed by atoms with E-state index in [1.807, 2.05) is 0 Å². The molecular weight excluding hydrogens is 567 g/mol. The molecule has 2 saturated carbocycles. The molecule has 0 spiro atoms. The fraction of sp³-hybridized carbons (Fsp3) is 1.00. The zero-order valence-electron chi connectivity index (χ0n) is 30.6. The fourth-order valence-electron chi connectivity index (χ4n) is 9.73. The van der Waals surface area contributed by atoms with Gasteiger partial charge in [0.2, 0.25) is 0 Å². The third kappa shape index (κ3) is 7.72. The molecule has 0 amide bonds. The highest BCUT2D eigenvalue weighted by Crippen LogP contribution is 2.60. The van der Waals surface area contributed by atoms with Crippen molar-refractivity contribution >= 4 is 8.45 Å². The molecule has 5 fully saturated rings. The molecule has 0 N–H and O–H groups in total. The lowest BCUT2D eigenvalue weighted by Gasteiger charge is -2.61. The minimum Gasteiger partial charge on any atom is -0.330 e. The Morgan fingerprint density at radius 2 is 0.977 bits per heavy atom. The number of hydrogen-bond acceptors (Lipinski definition) is 7. The summed E-state index contributed by atoms with van der Waals surface area (Å²) >= 11 is 0. The molecule has 5 rings (SSSR count). The minimum atomic E-state index is -0.885. The van der Waals surface area contributed by atoms with Crippen molar-refractivity contribution < 1.29 is 14.2 Å². The largest absolute Gasteiger partial charge is 0.330 e. The fourth-order valence-corrected chi connectivity index (χ4v) is 12.1. The highest BCUT2D eigenvalue weighted by molar-refractivity contribution is 7.47. The van der Waals surface area contributed by atoms with Gasteiger partial charge in [-0.25, -0.2) is 9.34 Å². The Bertz CT molecular complexity index is 858. The van der Waals surface area contributed by atoms with E-state index in [1.165, 1.54) is 64.2 Å². The second-order valence-corrected chi connectivity index (χ2v) is 20.2. The lowest BCUT2D eigenvalue weighted by atomic mass is 9.75. The third-order valence-electron chi connectivity index (χ3n) is 11.2. The quantitative estimate of drug-likeness (QED) is 0.258. The first kappa shape index (κ1) is 35.5. The van der Waals surface area contributed by atoms with Crippen molar-refractivity contribution in [3.8, 4) is 0 Å². The normalized spacial score (nSPS) is 32.0. The Balaban J connectivity index is 1.44. The first-order valence-corrected chi connectivity index (χ1v) is 19.5. The highest BCUT2D eigenvalue weighted by atomic mass is 31.2. The molecule has 256 valence electrons. The molecule has 0 aromatic rings. The number of hydrogen-bond donors (Lipinski definition) is 0. The third-order valence-corrected chi connectivity index (χ3v) is 13.9. The van der Waals surface area contributed by atoms with Crippen LogP contribution in [0, 0.1) is 0 Å². The van der Waals surface area contributed by atoms with Crippen molar-refractivity contribution in [3.63, 3.8) is 0 Å². The molecule has 0 radical (unpaired) electrons. The Hall–Kier alpha value is 0.150. The number of piperidine rings is 2. The number of rotatable bonds is 7. The summed E-state index contributed by atoms with van der Waals surface area (Å²) in [6.07, 6.45) is 17.8. The van der Waals surface area contributed by atoms with Crippen LogP contribution in [-0.2, 0) is 14.2 Å². The molecule has 0 aromatic carbocycles. The second kappa shape index (κ2) is 13.2. The van der Waals surface area contributed by atoms with Gasteiger partial charge in [-0.2, -0.15) is 10.1 Å². The van der Waals surface area contributed by atoms with Gasteiger partial charge in [0.15, 0.2) is 8.45 Å². The SMILES string of the molecule is CC(C)(C)N1CCOP1N(C1CC(C)(C)N(OC2CCCCC2)C(C)(C)C1)C1CC(C)(C)N(OC2CCCCC2)C(C)(C)C1. The summed E-state index contributed by atoms with van der Waals surface area (Å²) < 4.78 is 12.5. The van der Waals surface area contributed by atoms with Gasteiger partial charge in [-0.15, -0.1) is 0 Å². The highest BCUT2D eigenvalue weighted by Gasteiger charge is 2.56. The van der Waals surface area contributed by atoms with Crippen LogP contribution < -0.4 is 0 Å². The smallest absolute Gasteiger partial charge is 0.189 e. The lowest BCUT2D eigenvalue weighted by molar-refractivity contribution is -0.320. The molecule has 2 aliphatic carbocycles. The van der Waals surface area contributed by atoms with Crippen LogP contribution in [0.4, 0.5) is 0 Å². The zero-order chi connectivity index (χ0) is 32.1. The standard InChI is InChI=1S/C36H69N4O3P/c1-32(2,3)37-22-23-41-44(37)38(28-24-33(4,5)39(34(6,7)25-28)42-30-18-14-12-15-19-30)29-26-35(8,9)40(36(10,11)27-29)43-31-20-16-13-17-21-31/h28-31H,12-27H2,1-11H3. The molecule has 0 bridgehead atoms. The van der Waals surface area contributed by atoms with Gasteiger partial charge in [0.05, 0.1) is 18.8 Å². The van der Waals surface area contributed by atoms with Crippen molar-refractivity contribution in [2.24, 2.45) is 0 Å². The maximum absolute atomic E-state index is 6.94. The van der Waals surface area contributed by atoms with E-state index in [1.54, 1.807) is 0 Å².